The van der Waals surface area contributed by atoms with Gasteiger partial charge in [0.1, 0.15) is 0 Å². The molecule has 0 aliphatic rings. The van der Waals surface area contributed by atoms with E-state index in [0.717, 1.165) is 24.4 Å². The predicted octanol–water partition coefficient (Wildman–Crippen LogP) is 1.67. The van der Waals surface area contributed by atoms with Crippen molar-refractivity contribution in [1.82, 2.24) is 24.7 Å². The van der Waals surface area contributed by atoms with Crippen molar-refractivity contribution in [3.8, 4) is 0 Å². The van der Waals surface area contributed by atoms with E-state index in [2.05, 4.69) is 26.9 Å². The van der Waals surface area contributed by atoms with Crippen molar-refractivity contribution in [2.45, 2.75) is 26.3 Å². The number of hydrogen-bond acceptors (Lipinski definition) is 5. The summed E-state index contributed by atoms with van der Waals surface area (Å²) >= 11 is 1.45. The number of rotatable bonds is 5. The first-order valence-corrected chi connectivity index (χ1v) is 6.51. The monoisotopic (exact) mass is 251 g/mol. The highest BCUT2D eigenvalue weighted by Gasteiger charge is 2.21. The first-order valence-electron chi connectivity index (χ1n) is 5.74. The Bertz CT molecular complexity index is 435. The zero-order valence-electron chi connectivity index (χ0n) is 10.3. The van der Waals surface area contributed by atoms with E-state index in [1.54, 1.807) is 0 Å². The summed E-state index contributed by atoms with van der Waals surface area (Å²) in [7, 11) is 1.96. The smallest absolute Gasteiger partial charge is 0.0876 e. The fraction of sp³-hybridized carbons (Fsp3) is 0.545. The molecule has 6 heteroatoms. The molecular weight excluding hydrogens is 234 g/mol. The Hall–Kier alpha value is -1.27. The number of aromatic nitrogens is 4. The Balaban J connectivity index is 2.32. The van der Waals surface area contributed by atoms with Gasteiger partial charge in [0.15, 0.2) is 0 Å². The van der Waals surface area contributed by atoms with Gasteiger partial charge >= 0.3 is 0 Å². The van der Waals surface area contributed by atoms with Crippen LogP contribution in [0.25, 0.3) is 0 Å². The Morgan fingerprint density at radius 3 is 2.88 bits per heavy atom. The van der Waals surface area contributed by atoms with Gasteiger partial charge in [-0.25, -0.2) is 0 Å². The lowest BCUT2D eigenvalue weighted by molar-refractivity contribution is 0.557. The SMILES string of the molecule is CCCNC(c1snnc1C)c1ccnn1C. The Kier molecular flexibility index (Phi) is 3.86. The maximum absolute atomic E-state index is 4.23. The minimum atomic E-state index is 0.141. The van der Waals surface area contributed by atoms with Crippen molar-refractivity contribution in [2.75, 3.05) is 6.54 Å². The second kappa shape index (κ2) is 5.37. The summed E-state index contributed by atoms with van der Waals surface area (Å²) in [5, 5.41) is 11.8. The predicted molar refractivity (Wildman–Crippen MR) is 68.0 cm³/mol. The molecule has 1 atom stereocenters. The van der Waals surface area contributed by atoms with Crippen LogP contribution in [0.5, 0.6) is 0 Å². The van der Waals surface area contributed by atoms with E-state index < -0.39 is 0 Å². The first kappa shape index (κ1) is 12.2. The largest absolute Gasteiger partial charge is 0.304 e. The van der Waals surface area contributed by atoms with Crippen molar-refractivity contribution < 1.29 is 0 Å². The molecule has 2 heterocycles. The molecule has 0 radical (unpaired) electrons. The summed E-state index contributed by atoms with van der Waals surface area (Å²) in [6.07, 6.45) is 2.92. The minimum absolute atomic E-state index is 0.141. The van der Waals surface area contributed by atoms with Gasteiger partial charge in [-0.15, -0.1) is 5.10 Å². The molecule has 0 spiro atoms. The summed E-state index contributed by atoms with van der Waals surface area (Å²) < 4.78 is 5.91. The summed E-state index contributed by atoms with van der Waals surface area (Å²) in [6, 6.07) is 2.18. The second-order valence-electron chi connectivity index (χ2n) is 3.99. The van der Waals surface area contributed by atoms with E-state index >= 15 is 0 Å². The lowest BCUT2D eigenvalue weighted by Crippen LogP contribution is -2.25. The minimum Gasteiger partial charge on any atom is -0.304 e. The molecule has 0 aliphatic heterocycles. The highest BCUT2D eigenvalue weighted by atomic mass is 32.1. The molecule has 2 rings (SSSR count). The van der Waals surface area contributed by atoms with Crippen LogP contribution in [-0.4, -0.2) is 25.9 Å². The molecule has 1 N–H and O–H groups in total. The molecule has 0 saturated carbocycles. The van der Waals surface area contributed by atoms with E-state index in [0.29, 0.717) is 0 Å². The molecule has 2 aromatic rings. The normalized spacial score (nSPS) is 12.9. The molecule has 5 nitrogen and oxygen atoms in total. The Labute approximate surface area is 105 Å². The second-order valence-corrected chi connectivity index (χ2v) is 4.78. The average molecular weight is 251 g/mol. The third-order valence-electron chi connectivity index (χ3n) is 2.70. The fourth-order valence-corrected chi connectivity index (χ4v) is 2.52. The van der Waals surface area contributed by atoms with Crippen molar-refractivity contribution in [1.29, 1.82) is 0 Å². The van der Waals surface area contributed by atoms with Crippen LogP contribution in [0.1, 0.15) is 35.7 Å². The van der Waals surface area contributed by atoms with Crippen molar-refractivity contribution in [3.63, 3.8) is 0 Å². The molecule has 92 valence electrons. The van der Waals surface area contributed by atoms with Crippen LogP contribution in [0, 0.1) is 6.92 Å². The number of aryl methyl sites for hydroxylation is 2. The van der Waals surface area contributed by atoms with E-state index in [-0.39, 0.29) is 6.04 Å². The van der Waals surface area contributed by atoms with E-state index in [4.69, 9.17) is 0 Å². The van der Waals surface area contributed by atoms with E-state index in [1.165, 1.54) is 16.4 Å². The van der Waals surface area contributed by atoms with Crippen LogP contribution in [0.15, 0.2) is 12.3 Å². The lowest BCUT2D eigenvalue weighted by Gasteiger charge is -2.17. The lowest BCUT2D eigenvalue weighted by atomic mass is 10.1. The zero-order chi connectivity index (χ0) is 12.3. The molecule has 0 amide bonds. The van der Waals surface area contributed by atoms with Gasteiger partial charge in [-0.1, -0.05) is 11.4 Å². The first-order chi connectivity index (χ1) is 8.24. The molecular formula is C11H17N5S. The number of nitrogens with one attached hydrogen (secondary N) is 1. The van der Waals surface area contributed by atoms with Crippen molar-refractivity contribution in [2.24, 2.45) is 7.05 Å². The van der Waals surface area contributed by atoms with Gasteiger partial charge in [-0.05, 0) is 37.5 Å². The molecule has 1 unspecified atom stereocenters. The number of nitrogens with zero attached hydrogens (tertiary/aromatic N) is 4. The number of hydrogen-bond donors (Lipinski definition) is 1. The standard InChI is InChI=1S/C11H17N5S/c1-4-6-12-10(9-5-7-13-16(9)3)11-8(2)14-15-17-11/h5,7,10,12H,4,6H2,1-3H3. The van der Waals surface area contributed by atoms with Crippen LogP contribution < -0.4 is 5.32 Å². The average Bonchev–Trinajstić information content (AvgIpc) is 2.90. The topological polar surface area (TPSA) is 55.6 Å². The summed E-state index contributed by atoms with van der Waals surface area (Å²) in [5.41, 5.74) is 2.14. The van der Waals surface area contributed by atoms with Crippen LogP contribution >= 0.6 is 11.5 Å². The zero-order valence-corrected chi connectivity index (χ0v) is 11.2. The molecule has 17 heavy (non-hydrogen) atoms. The van der Waals surface area contributed by atoms with Gasteiger partial charge in [-0.2, -0.15) is 5.10 Å². The quantitative estimate of drug-likeness (QED) is 0.878. The summed E-state index contributed by atoms with van der Waals surface area (Å²) in [4.78, 5) is 1.17. The van der Waals surface area contributed by atoms with E-state index in [1.807, 2.05) is 30.9 Å². The Morgan fingerprint density at radius 2 is 2.35 bits per heavy atom. The Morgan fingerprint density at radius 1 is 1.53 bits per heavy atom. The van der Waals surface area contributed by atoms with Gasteiger partial charge in [-0.3, -0.25) is 4.68 Å². The molecule has 0 aliphatic carbocycles. The third kappa shape index (κ3) is 2.53. The molecule has 0 saturated heterocycles. The van der Waals surface area contributed by atoms with Crippen LogP contribution in [0.3, 0.4) is 0 Å². The highest BCUT2D eigenvalue weighted by molar-refractivity contribution is 7.05. The molecule has 0 bridgehead atoms. The molecule has 2 aromatic heterocycles. The third-order valence-corrected chi connectivity index (χ3v) is 3.59. The maximum atomic E-state index is 4.23. The summed E-state index contributed by atoms with van der Waals surface area (Å²) in [5.74, 6) is 0. The molecule has 0 aromatic carbocycles. The van der Waals surface area contributed by atoms with Crippen molar-refractivity contribution >= 4 is 11.5 Å². The van der Waals surface area contributed by atoms with Gasteiger partial charge in [0.05, 0.1) is 22.3 Å². The fourth-order valence-electron chi connectivity index (χ4n) is 1.79. The summed E-state index contributed by atoms with van der Waals surface area (Å²) in [6.45, 7) is 5.12. The van der Waals surface area contributed by atoms with Gasteiger partial charge in [0.2, 0.25) is 0 Å². The van der Waals surface area contributed by atoms with Crippen LogP contribution in [-0.2, 0) is 7.05 Å². The highest BCUT2D eigenvalue weighted by Crippen LogP contribution is 2.26. The van der Waals surface area contributed by atoms with Crippen LogP contribution in [0.4, 0.5) is 0 Å². The van der Waals surface area contributed by atoms with E-state index in [9.17, 15) is 0 Å². The maximum Gasteiger partial charge on any atom is 0.0876 e. The molecule has 0 fully saturated rings. The van der Waals surface area contributed by atoms with Gasteiger partial charge < -0.3 is 5.32 Å². The van der Waals surface area contributed by atoms with Crippen molar-refractivity contribution in [3.05, 3.63) is 28.5 Å². The van der Waals surface area contributed by atoms with Crippen LogP contribution in [0.2, 0.25) is 0 Å². The van der Waals surface area contributed by atoms with Gasteiger partial charge in [0, 0.05) is 13.2 Å². The van der Waals surface area contributed by atoms with Gasteiger partial charge in [0.25, 0.3) is 0 Å².